The molecule has 3 heteroatoms. The maximum atomic E-state index is 10.7. The third kappa shape index (κ3) is 0.904. The Morgan fingerprint density at radius 2 is 2.40 bits per heavy atom. The van der Waals surface area contributed by atoms with E-state index in [1.807, 2.05) is 0 Å². The van der Waals surface area contributed by atoms with Gasteiger partial charge in [-0.15, -0.1) is 0 Å². The summed E-state index contributed by atoms with van der Waals surface area (Å²) in [6.45, 7) is 0.404. The molecule has 0 spiro atoms. The van der Waals surface area contributed by atoms with Crippen LogP contribution in [0.1, 0.15) is 19.3 Å². The number of hydrogen-bond acceptors (Lipinski definition) is 3. The Labute approximate surface area is 59.7 Å². The van der Waals surface area contributed by atoms with Crippen LogP contribution in [0.4, 0.5) is 0 Å². The molecule has 1 heterocycles. The maximum absolute atomic E-state index is 10.7. The molecule has 1 saturated heterocycles. The zero-order chi connectivity index (χ0) is 6.97. The van der Waals surface area contributed by atoms with E-state index in [1.165, 1.54) is 6.42 Å². The highest BCUT2D eigenvalue weighted by Gasteiger charge is 2.33. The minimum atomic E-state index is -0.0943. The molecule has 10 heavy (non-hydrogen) atoms. The summed E-state index contributed by atoms with van der Waals surface area (Å²) in [5, 5.41) is 3.16. The van der Waals surface area contributed by atoms with E-state index in [9.17, 15) is 4.79 Å². The van der Waals surface area contributed by atoms with Crippen LogP contribution in [0.3, 0.4) is 0 Å². The van der Waals surface area contributed by atoms with Crippen LogP contribution in [0.5, 0.6) is 0 Å². The van der Waals surface area contributed by atoms with Gasteiger partial charge in [0, 0.05) is 6.04 Å². The largest absolute Gasteiger partial charge is 0.460 e. The molecule has 0 aromatic rings. The smallest absolute Gasteiger partial charge is 0.320 e. The van der Waals surface area contributed by atoms with E-state index in [0.717, 1.165) is 12.8 Å². The van der Waals surface area contributed by atoms with Crippen LogP contribution in [0.15, 0.2) is 0 Å². The van der Waals surface area contributed by atoms with Gasteiger partial charge in [-0.1, -0.05) is 0 Å². The topological polar surface area (TPSA) is 38.3 Å². The van der Waals surface area contributed by atoms with Gasteiger partial charge in [0.1, 0.15) is 6.10 Å². The second kappa shape index (κ2) is 2.23. The highest BCUT2D eigenvalue weighted by molar-refractivity contribution is 5.72. The van der Waals surface area contributed by atoms with Crippen molar-refractivity contribution in [1.82, 2.24) is 5.32 Å². The fraction of sp³-hybridized carbons (Fsp3) is 0.857. The first-order valence-electron chi connectivity index (χ1n) is 3.79. The number of carbonyl (C=O) groups is 1. The zero-order valence-corrected chi connectivity index (χ0v) is 5.80. The summed E-state index contributed by atoms with van der Waals surface area (Å²) in [7, 11) is 0. The van der Waals surface area contributed by atoms with Crippen molar-refractivity contribution in [3.63, 3.8) is 0 Å². The summed E-state index contributed by atoms with van der Waals surface area (Å²) in [5.74, 6) is -0.0943. The number of esters is 1. The molecule has 1 aliphatic heterocycles. The summed E-state index contributed by atoms with van der Waals surface area (Å²) in [5.41, 5.74) is 0. The van der Waals surface area contributed by atoms with Crippen molar-refractivity contribution >= 4 is 5.97 Å². The van der Waals surface area contributed by atoms with Crippen LogP contribution < -0.4 is 5.32 Å². The van der Waals surface area contributed by atoms with Crippen molar-refractivity contribution in [2.45, 2.75) is 31.4 Å². The number of fused-ring (bicyclic) bond motifs is 1. The van der Waals surface area contributed by atoms with Gasteiger partial charge in [-0.2, -0.15) is 0 Å². The van der Waals surface area contributed by atoms with Crippen molar-refractivity contribution in [3.05, 3.63) is 0 Å². The fourth-order valence-electron chi connectivity index (χ4n) is 1.73. The molecule has 0 bridgehead atoms. The molecule has 1 saturated carbocycles. The average molecular weight is 141 g/mol. The van der Waals surface area contributed by atoms with Crippen molar-refractivity contribution in [2.24, 2.45) is 0 Å². The number of carbonyl (C=O) groups excluding carboxylic acids is 1. The van der Waals surface area contributed by atoms with Crippen molar-refractivity contribution in [3.8, 4) is 0 Å². The normalized spacial score (nSPS) is 39.0. The third-order valence-corrected chi connectivity index (χ3v) is 2.24. The highest BCUT2D eigenvalue weighted by atomic mass is 16.5. The molecule has 2 rings (SSSR count). The van der Waals surface area contributed by atoms with Crippen molar-refractivity contribution < 1.29 is 9.53 Å². The van der Waals surface area contributed by atoms with E-state index in [4.69, 9.17) is 4.74 Å². The Kier molecular flexibility index (Phi) is 1.38. The molecule has 2 atom stereocenters. The van der Waals surface area contributed by atoms with Crippen LogP contribution >= 0.6 is 0 Å². The number of ether oxygens (including phenoxy) is 1. The van der Waals surface area contributed by atoms with Crippen LogP contribution in [0.2, 0.25) is 0 Å². The van der Waals surface area contributed by atoms with Crippen molar-refractivity contribution in [2.75, 3.05) is 6.54 Å². The predicted octanol–water partition coefficient (Wildman–Crippen LogP) is 0.0539. The lowest BCUT2D eigenvalue weighted by atomic mass is 10.2. The van der Waals surface area contributed by atoms with E-state index in [2.05, 4.69) is 5.32 Å². The molecule has 2 aliphatic rings. The second-order valence-corrected chi connectivity index (χ2v) is 2.95. The fourth-order valence-corrected chi connectivity index (χ4v) is 1.73. The first-order valence-corrected chi connectivity index (χ1v) is 3.79. The minimum absolute atomic E-state index is 0.0943. The number of morpholine rings is 1. The molecule has 0 aromatic carbocycles. The van der Waals surface area contributed by atoms with Gasteiger partial charge in [0.05, 0.1) is 6.54 Å². The molecular weight excluding hydrogens is 130 g/mol. The van der Waals surface area contributed by atoms with E-state index in [-0.39, 0.29) is 12.1 Å². The molecule has 0 unspecified atom stereocenters. The Morgan fingerprint density at radius 3 is 3.30 bits per heavy atom. The van der Waals surface area contributed by atoms with Gasteiger partial charge in [-0.3, -0.25) is 4.79 Å². The van der Waals surface area contributed by atoms with E-state index in [1.54, 1.807) is 0 Å². The predicted molar refractivity (Wildman–Crippen MR) is 35.5 cm³/mol. The van der Waals surface area contributed by atoms with Gasteiger partial charge >= 0.3 is 5.97 Å². The molecule has 0 aromatic heterocycles. The van der Waals surface area contributed by atoms with Gasteiger partial charge in [0.2, 0.25) is 0 Å². The van der Waals surface area contributed by atoms with Crippen LogP contribution in [0.25, 0.3) is 0 Å². The van der Waals surface area contributed by atoms with Gasteiger partial charge in [-0.25, -0.2) is 0 Å². The van der Waals surface area contributed by atoms with Gasteiger partial charge in [-0.05, 0) is 19.3 Å². The third-order valence-electron chi connectivity index (χ3n) is 2.24. The lowest BCUT2D eigenvalue weighted by molar-refractivity contribution is -0.153. The number of hydrogen-bond donors (Lipinski definition) is 1. The number of rotatable bonds is 0. The molecule has 2 fully saturated rings. The summed E-state index contributed by atoms with van der Waals surface area (Å²) >= 11 is 0. The Bertz CT molecular complexity index is 158. The summed E-state index contributed by atoms with van der Waals surface area (Å²) in [6.07, 6.45) is 3.58. The summed E-state index contributed by atoms with van der Waals surface area (Å²) in [6, 6.07) is 0.456. The van der Waals surface area contributed by atoms with Crippen LogP contribution in [-0.2, 0) is 9.53 Å². The first-order chi connectivity index (χ1) is 4.86. The molecule has 0 amide bonds. The zero-order valence-electron chi connectivity index (χ0n) is 5.80. The van der Waals surface area contributed by atoms with Gasteiger partial charge in [0.25, 0.3) is 0 Å². The number of nitrogens with one attached hydrogen (secondary N) is 1. The average Bonchev–Trinajstić information content (AvgIpc) is 2.33. The molecule has 1 aliphatic carbocycles. The first kappa shape index (κ1) is 6.16. The van der Waals surface area contributed by atoms with E-state index < -0.39 is 0 Å². The monoisotopic (exact) mass is 141 g/mol. The quantitative estimate of drug-likeness (QED) is 0.484. The Hall–Kier alpha value is -0.570. The summed E-state index contributed by atoms with van der Waals surface area (Å²) in [4.78, 5) is 10.7. The highest BCUT2D eigenvalue weighted by Crippen LogP contribution is 2.23. The van der Waals surface area contributed by atoms with E-state index >= 15 is 0 Å². The standard InChI is InChI=1S/C7H11NO2/c9-7-4-8-5-2-1-3-6(5)10-7/h5-6,8H,1-4H2/t5-,6+/m1/s1. The second-order valence-electron chi connectivity index (χ2n) is 2.95. The molecular formula is C7H11NO2. The van der Waals surface area contributed by atoms with E-state index in [0.29, 0.717) is 12.6 Å². The lowest BCUT2D eigenvalue weighted by Crippen LogP contribution is -2.47. The minimum Gasteiger partial charge on any atom is -0.460 e. The Morgan fingerprint density at radius 1 is 1.50 bits per heavy atom. The lowest BCUT2D eigenvalue weighted by Gasteiger charge is -2.26. The molecule has 56 valence electrons. The molecule has 0 radical (unpaired) electrons. The molecule has 1 N–H and O–H groups in total. The summed E-state index contributed by atoms with van der Waals surface area (Å²) < 4.78 is 5.11. The van der Waals surface area contributed by atoms with Gasteiger partial charge < -0.3 is 10.1 Å². The van der Waals surface area contributed by atoms with Gasteiger partial charge in [0.15, 0.2) is 0 Å². The maximum Gasteiger partial charge on any atom is 0.320 e. The molecule has 3 nitrogen and oxygen atoms in total. The SMILES string of the molecule is O=C1CN[C@@H]2CCC[C@@H]2O1. The van der Waals surface area contributed by atoms with Crippen molar-refractivity contribution in [1.29, 1.82) is 0 Å². The Balaban J connectivity index is 2.03. The van der Waals surface area contributed by atoms with Crippen LogP contribution in [-0.4, -0.2) is 24.7 Å². The van der Waals surface area contributed by atoms with Crippen LogP contribution in [0, 0.1) is 0 Å².